The van der Waals surface area contributed by atoms with Crippen LogP contribution in [0.5, 0.6) is 0 Å². The van der Waals surface area contributed by atoms with Gasteiger partial charge < -0.3 is 5.32 Å². The Morgan fingerprint density at radius 1 is 1.67 bits per heavy atom. The summed E-state index contributed by atoms with van der Waals surface area (Å²) in [6.45, 7) is 3.04. The molecule has 1 rings (SSSR count). The predicted octanol–water partition coefficient (Wildman–Crippen LogP) is 2.35. The number of halogens is 1. The molecular weight excluding hydrogens is 256 g/mol. The average Bonchev–Trinajstić information content (AvgIpc) is 2.51. The second kappa shape index (κ2) is 5.48. The molecule has 0 aliphatic heterocycles. The summed E-state index contributed by atoms with van der Waals surface area (Å²) in [5, 5.41) is 3.57. The fraction of sp³-hybridized carbons (Fsp3) is 0.375. The molecule has 0 aromatic carbocycles. The number of nitrogens with one attached hydrogen (secondary N) is 1. The first-order valence-corrected chi connectivity index (χ1v) is 6.21. The van der Waals surface area contributed by atoms with Crippen LogP contribution in [0, 0.1) is 0 Å². The summed E-state index contributed by atoms with van der Waals surface area (Å²) in [7, 11) is 0. The minimum atomic E-state index is -0.601. The quantitative estimate of drug-likeness (QED) is 0.673. The fourth-order valence-electron chi connectivity index (χ4n) is 0.710. The van der Waals surface area contributed by atoms with E-state index in [0.29, 0.717) is 10.2 Å². The Hall–Kier alpha value is -0.590. The molecule has 1 aromatic heterocycles. The van der Waals surface area contributed by atoms with E-state index in [-0.39, 0.29) is 11.0 Å². The van der Waals surface area contributed by atoms with Gasteiger partial charge in [-0.25, -0.2) is 4.98 Å². The first-order chi connectivity index (χ1) is 6.99. The van der Waals surface area contributed by atoms with Gasteiger partial charge in [-0.15, -0.1) is 22.9 Å². The van der Waals surface area contributed by atoms with Crippen LogP contribution in [-0.4, -0.2) is 21.4 Å². The Morgan fingerprint density at radius 2 is 2.33 bits per heavy atom. The van der Waals surface area contributed by atoms with E-state index in [1.165, 1.54) is 18.3 Å². The molecule has 0 bridgehead atoms. The Labute approximate surface area is 100 Å². The van der Waals surface area contributed by atoms with E-state index in [1.807, 2.05) is 0 Å². The molecule has 15 heavy (non-hydrogen) atoms. The number of aromatic nitrogens is 1. The average molecular weight is 265 g/mol. The van der Waals surface area contributed by atoms with E-state index in [0.717, 1.165) is 11.8 Å². The van der Waals surface area contributed by atoms with Crippen molar-refractivity contribution in [3.8, 4) is 0 Å². The first-order valence-electron chi connectivity index (χ1n) is 4.08. The number of anilines is 1. The van der Waals surface area contributed by atoms with Crippen molar-refractivity contribution in [2.75, 3.05) is 5.32 Å². The van der Waals surface area contributed by atoms with Crippen molar-refractivity contribution < 1.29 is 9.59 Å². The van der Waals surface area contributed by atoms with Gasteiger partial charge in [-0.2, -0.15) is 0 Å². The number of rotatable bonds is 3. The first kappa shape index (κ1) is 12.5. The lowest BCUT2D eigenvalue weighted by molar-refractivity contribution is -0.115. The van der Waals surface area contributed by atoms with Gasteiger partial charge in [0.25, 0.3) is 0 Å². The monoisotopic (exact) mass is 264 g/mol. The van der Waals surface area contributed by atoms with Crippen molar-refractivity contribution in [3.05, 3.63) is 5.38 Å². The summed E-state index contributed by atoms with van der Waals surface area (Å²) in [4.78, 5) is 26.0. The number of thiazole rings is 1. The summed E-state index contributed by atoms with van der Waals surface area (Å²) in [5.74, 6) is 0.127. The highest BCUT2D eigenvalue weighted by Gasteiger charge is 2.11. The summed E-state index contributed by atoms with van der Waals surface area (Å²) in [6, 6.07) is 0. The molecule has 0 saturated carbocycles. The molecule has 0 aliphatic carbocycles. The molecule has 1 atom stereocenters. The third kappa shape index (κ3) is 4.19. The zero-order valence-corrected chi connectivity index (χ0v) is 10.5. The van der Waals surface area contributed by atoms with Gasteiger partial charge in [-0.1, -0.05) is 0 Å². The Morgan fingerprint density at radius 3 is 2.87 bits per heavy atom. The van der Waals surface area contributed by atoms with Gasteiger partial charge >= 0.3 is 0 Å². The van der Waals surface area contributed by atoms with Crippen LogP contribution in [0.3, 0.4) is 0 Å². The smallest absolute Gasteiger partial charge is 0.243 e. The molecule has 1 unspecified atom stereocenters. The van der Waals surface area contributed by atoms with Crippen LogP contribution in [0.1, 0.15) is 13.8 Å². The lowest BCUT2D eigenvalue weighted by Crippen LogP contribution is -2.20. The second-order valence-electron chi connectivity index (χ2n) is 2.70. The lowest BCUT2D eigenvalue weighted by Gasteiger charge is -2.01. The van der Waals surface area contributed by atoms with Gasteiger partial charge in [0.1, 0.15) is 11.2 Å². The molecule has 0 saturated heterocycles. The molecule has 7 heteroatoms. The van der Waals surface area contributed by atoms with Crippen LogP contribution in [0.4, 0.5) is 5.82 Å². The molecule has 1 aromatic rings. The van der Waals surface area contributed by atoms with Crippen LogP contribution >= 0.6 is 34.7 Å². The number of carbonyl (C=O) groups is 2. The number of carbonyl (C=O) groups excluding carboxylic acids is 2. The van der Waals surface area contributed by atoms with E-state index in [4.69, 9.17) is 11.6 Å². The molecule has 0 radical (unpaired) electrons. The lowest BCUT2D eigenvalue weighted by atomic mass is 10.4. The van der Waals surface area contributed by atoms with E-state index < -0.39 is 5.38 Å². The maximum atomic E-state index is 11.2. The summed E-state index contributed by atoms with van der Waals surface area (Å²) >= 11 is 7.92. The largest absolute Gasteiger partial charge is 0.309 e. The van der Waals surface area contributed by atoms with E-state index in [2.05, 4.69) is 10.3 Å². The molecule has 1 N–H and O–H groups in total. The summed E-state index contributed by atoms with van der Waals surface area (Å²) in [5.41, 5.74) is 0. The van der Waals surface area contributed by atoms with Gasteiger partial charge in [0, 0.05) is 12.3 Å². The van der Waals surface area contributed by atoms with E-state index >= 15 is 0 Å². The third-order valence-electron chi connectivity index (χ3n) is 1.33. The number of amides is 1. The van der Waals surface area contributed by atoms with Gasteiger partial charge in [0.05, 0.1) is 0 Å². The highest BCUT2D eigenvalue weighted by atomic mass is 35.5. The van der Waals surface area contributed by atoms with Crippen LogP contribution in [-0.2, 0) is 9.59 Å². The van der Waals surface area contributed by atoms with Crippen molar-refractivity contribution >= 4 is 51.5 Å². The van der Waals surface area contributed by atoms with Crippen LogP contribution in [0.15, 0.2) is 9.72 Å². The fourth-order valence-corrected chi connectivity index (χ4v) is 2.32. The second-order valence-corrected chi connectivity index (χ2v) is 5.63. The third-order valence-corrected chi connectivity index (χ3v) is 3.25. The van der Waals surface area contributed by atoms with Crippen LogP contribution < -0.4 is 5.32 Å². The van der Waals surface area contributed by atoms with E-state index in [1.54, 1.807) is 12.3 Å². The highest BCUT2D eigenvalue weighted by Crippen LogP contribution is 2.25. The van der Waals surface area contributed by atoms with Crippen molar-refractivity contribution in [1.82, 2.24) is 4.98 Å². The zero-order chi connectivity index (χ0) is 11.4. The summed E-state index contributed by atoms with van der Waals surface area (Å²) in [6.07, 6.45) is 0. The normalized spacial score (nSPS) is 12.2. The number of hydrogen-bond acceptors (Lipinski definition) is 5. The van der Waals surface area contributed by atoms with Crippen LogP contribution in [0.2, 0.25) is 0 Å². The Bertz CT molecular complexity index is 378. The topological polar surface area (TPSA) is 59.1 Å². The Kier molecular flexibility index (Phi) is 4.56. The van der Waals surface area contributed by atoms with E-state index in [9.17, 15) is 9.59 Å². The zero-order valence-electron chi connectivity index (χ0n) is 8.11. The molecule has 1 heterocycles. The maximum Gasteiger partial charge on any atom is 0.243 e. The highest BCUT2D eigenvalue weighted by molar-refractivity contribution is 8.14. The SMILES string of the molecule is CC(=O)Sc1nc(NC(=O)C(C)Cl)cs1. The number of thioether (sulfide) groups is 1. The van der Waals surface area contributed by atoms with Crippen molar-refractivity contribution in [2.45, 2.75) is 23.6 Å². The molecule has 0 fully saturated rings. The minimum Gasteiger partial charge on any atom is -0.309 e. The molecule has 0 spiro atoms. The van der Waals surface area contributed by atoms with Gasteiger partial charge in [-0.05, 0) is 18.7 Å². The molecule has 1 amide bonds. The predicted molar refractivity (Wildman–Crippen MR) is 62.6 cm³/mol. The molecule has 82 valence electrons. The van der Waals surface area contributed by atoms with Gasteiger partial charge in [0.2, 0.25) is 5.91 Å². The Balaban J connectivity index is 2.60. The van der Waals surface area contributed by atoms with Crippen molar-refractivity contribution in [1.29, 1.82) is 0 Å². The van der Waals surface area contributed by atoms with Gasteiger partial charge in [-0.3, -0.25) is 9.59 Å². The standard InChI is InChI=1S/C8H9ClN2O2S2/c1-4(9)7(13)10-6-3-14-8(11-6)15-5(2)12/h3-4H,1-2H3,(H,10,13). The number of nitrogens with zero attached hydrogens (tertiary/aromatic N) is 1. The number of hydrogen-bond donors (Lipinski definition) is 1. The maximum absolute atomic E-state index is 11.2. The molecular formula is C8H9ClN2O2S2. The molecule has 4 nitrogen and oxygen atoms in total. The minimum absolute atomic E-state index is 0.0343. The summed E-state index contributed by atoms with van der Waals surface area (Å²) < 4.78 is 0.611. The van der Waals surface area contributed by atoms with Crippen molar-refractivity contribution in [3.63, 3.8) is 0 Å². The number of alkyl halides is 1. The van der Waals surface area contributed by atoms with Crippen LogP contribution in [0.25, 0.3) is 0 Å². The van der Waals surface area contributed by atoms with Gasteiger partial charge in [0.15, 0.2) is 9.45 Å². The molecule has 0 aliphatic rings. The van der Waals surface area contributed by atoms with Crippen molar-refractivity contribution in [2.24, 2.45) is 0 Å².